The van der Waals surface area contributed by atoms with Gasteiger partial charge in [-0.25, -0.2) is 18.9 Å². The highest BCUT2D eigenvalue weighted by Gasteiger charge is 2.16. The third-order valence-corrected chi connectivity index (χ3v) is 4.60. The number of fused-ring (bicyclic) bond motifs is 2. The lowest BCUT2D eigenvalue weighted by molar-refractivity contribution is -0.670. The average molecular weight is 369 g/mol. The van der Waals surface area contributed by atoms with Crippen molar-refractivity contribution in [2.45, 2.75) is 0 Å². The molecule has 0 bridgehead atoms. The maximum Gasteiger partial charge on any atom is 0.176 e. The molecule has 4 heterocycles. The molecule has 0 saturated carbocycles. The Balaban J connectivity index is 2.10. The van der Waals surface area contributed by atoms with E-state index in [0.717, 1.165) is 33.5 Å². The summed E-state index contributed by atoms with van der Waals surface area (Å²) in [4.78, 5) is 13.5. The van der Waals surface area contributed by atoms with Crippen LogP contribution in [0.3, 0.4) is 0 Å². The van der Waals surface area contributed by atoms with E-state index in [0.29, 0.717) is 11.3 Å². The molecule has 0 spiro atoms. The van der Waals surface area contributed by atoms with Gasteiger partial charge in [-0.05, 0) is 30.3 Å². The van der Waals surface area contributed by atoms with E-state index in [-0.39, 0.29) is 5.57 Å². The van der Waals surface area contributed by atoms with Gasteiger partial charge in [0, 0.05) is 45.8 Å². The Labute approximate surface area is 162 Å². The fourth-order valence-corrected chi connectivity index (χ4v) is 3.27. The molecule has 0 saturated heterocycles. The van der Waals surface area contributed by atoms with Crippen LogP contribution in [0.1, 0.15) is 5.69 Å². The number of allylic oxidation sites excluding steroid dienone is 4. The summed E-state index contributed by atoms with van der Waals surface area (Å²) in [6.07, 6.45) is 10.0. The summed E-state index contributed by atoms with van der Waals surface area (Å²) < 4.78 is 16.3. The smallest absolute Gasteiger partial charge is 0.176 e. The minimum atomic E-state index is -0.485. The second-order valence-electron chi connectivity index (χ2n) is 6.37. The van der Waals surface area contributed by atoms with Crippen molar-refractivity contribution < 1.29 is 8.96 Å². The Morgan fingerprint density at radius 1 is 1.07 bits per heavy atom. The maximum absolute atomic E-state index is 14.3. The zero-order chi connectivity index (χ0) is 19.7. The molecule has 0 aromatic carbocycles. The monoisotopic (exact) mass is 369 g/mol. The number of rotatable bonds is 4. The van der Waals surface area contributed by atoms with E-state index in [2.05, 4.69) is 28.1 Å². The average Bonchev–Trinajstić information content (AvgIpc) is 2.72. The van der Waals surface area contributed by atoms with E-state index in [1.54, 1.807) is 12.4 Å². The number of pyridine rings is 4. The van der Waals surface area contributed by atoms with Crippen LogP contribution in [0.25, 0.3) is 38.6 Å². The normalized spacial score (nSPS) is 12.1. The van der Waals surface area contributed by atoms with Crippen LogP contribution in [0, 0.1) is 0 Å². The summed E-state index contributed by atoms with van der Waals surface area (Å²) in [7, 11) is 1.97. The third kappa shape index (κ3) is 2.97. The van der Waals surface area contributed by atoms with Crippen LogP contribution >= 0.6 is 0 Å². The summed E-state index contributed by atoms with van der Waals surface area (Å²) in [6.45, 7) is 7.23. The Morgan fingerprint density at radius 2 is 1.93 bits per heavy atom. The summed E-state index contributed by atoms with van der Waals surface area (Å²) >= 11 is 0. The molecule has 0 radical (unpaired) electrons. The van der Waals surface area contributed by atoms with Crippen LogP contribution in [0.2, 0.25) is 0 Å². The molecule has 5 heteroatoms. The first kappa shape index (κ1) is 17.7. The topological polar surface area (TPSA) is 42.5 Å². The van der Waals surface area contributed by atoms with Crippen LogP contribution in [0.5, 0.6) is 0 Å². The zero-order valence-electron chi connectivity index (χ0n) is 15.4. The minimum Gasteiger partial charge on any atom is -0.256 e. The predicted molar refractivity (Wildman–Crippen MR) is 110 cm³/mol. The van der Waals surface area contributed by atoms with Crippen molar-refractivity contribution in [1.29, 1.82) is 0 Å². The van der Waals surface area contributed by atoms with Crippen molar-refractivity contribution in [3.05, 3.63) is 91.9 Å². The zero-order valence-corrected chi connectivity index (χ0v) is 15.4. The van der Waals surface area contributed by atoms with Gasteiger partial charge in [0.2, 0.25) is 0 Å². The summed E-state index contributed by atoms with van der Waals surface area (Å²) in [5, 5.41) is 2.90. The molecule has 4 rings (SSSR count). The van der Waals surface area contributed by atoms with Crippen molar-refractivity contribution in [3.8, 4) is 11.3 Å². The van der Waals surface area contributed by atoms with Crippen LogP contribution in [0.4, 0.5) is 4.39 Å². The molecule has 0 amide bonds. The largest absolute Gasteiger partial charge is 0.256 e. The Morgan fingerprint density at radius 3 is 2.71 bits per heavy atom. The number of aryl methyl sites for hydroxylation is 1. The molecule has 0 aliphatic carbocycles. The first-order valence-corrected chi connectivity index (χ1v) is 8.77. The Bertz CT molecular complexity index is 1270. The molecular formula is C23H18FN4+. The molecule has 0 fully saturated rings. The van der Waals surface area contributed by atoms with E-state index in [1.165, 1.54) is 6.08 Å². The van der Waals surface area contributed by atoms with Gasteiger partial charge in [0.1, 0.15) is 12.9 Å². The van der Waals surface area contributed by atoms with E-state index >= 15 is 0 Å². The molecule has 0 aliphatic rings. The van der Waals surface area contributed by atoms with Crippen LogP contribution in [-0.2, 0) is 7.05 Å². The first-order chi connectivity index (χ1) is 13.6. The second-order valence-corrected chi connectivity index (χ2v) is 6.37. The molecule has 4 aromatic heterocycles. The molecule has 28 heavy (non-hydrogen) atoms. The highest BCUT2D eigenvalue weighted by molar-refractivity contribution is 6.02. The minimum absolute atomic E-state index is 0.274. The van der Waals surface area contributed by atoms with Crippen molar-refractivity contribution in [1.82, 2.24) is 15.0 Å². The molecule has 136 valence electrons. The van der Waals surface area contributed by atoms with E-state index in [1.807, 2.05) is 54.3 Å². The lowest BCUT2D eigenvalue weighted by Crippen LogP contribution is -2.25. The molecule has 0 unspecified atom stereocenters. The molecule has 4 nitrogen and oxygen atoms in total. The van der Waals surface area contributed by atoms with E-state index in [9.17, 15) is 4.39 Å². The quantitative estimate of drug-likeness (QED) is 0.386. The fraction of sp³-hybridized carbons (Fsp3) is 0.0435. The van der Waals surface area contributed by atoms with Gasteiger partial charge in [-0.15, -0.1) is 0 Å². The number of nitrogens with zero attached hydrogens (tertiary/aromatic N) is 4. The van der Waals surface area contributed by atoms with Crippen molar-refractivity contribution in [3.63, 3.8) is 0 Å². The molecule has 0 N–H and O–H groups in total. The molecule has 0 atom stereocenters. The van der Waals surface area contributed by atoms with E-state index < -0.39 is 5.83 Å². The SMILES string of the molecule is C=C/C(F)=C(\C=C)c1cc(-c2nccc3c[n+](C)ccc23)c2cccnc2n1. The molecule has 4 aromatic rings. The standard InChI is InChI=1S/C23H18FN4/c1-4-16(20(24)5-2)21-13-19(18-7-6-10-26-23(18)27-21)22-17-9-12-28(3)14-15(17)8-11-25-22/h4-14H,1-2H2,3H3/q+1/b20-16-. The van der Waals surface area contributed by atoms with Gasteiger partial charge in [0.05, 0.1) is 11.4 Å². The number of hydrogen-bond acceptors (Lipinski definition) is 3. The Kier molecular flexibility index (Phi) is 4.49. The van der Waals surface area contributed by atoms with Crippen LogP contribution < -0.4 is 4.57 Å². The highest BCUT2D eigenvalue weighted by Crippen LogP contribution is 2.33. The van der Waals surface area contributed by atoms with Crippen molar-refractivity contribution in [2.24, 2.45) is 7.05 Å². The summed E-state index contributed by atoms with van der Waals surface area (Å²) in [5.41, 5.74) is 2.86. The summed E-state index contributed by atoms with van der Waals surface area (Å²) in [6, 6.07) is 9.62. The number of aromatic nitrogens is 4. The summed E-state index contributed by atoms with van der Waals surface area (Å²) in [5.74, 6) is -0.485. The van der Waals surface area contributed by atoms with Gasteiger partial charge in [0.25, 0.3) is 0 Å². The first-order valence-electron chi connectivity index (χ1n) is 8.77. The van der Waals surface area contributed by atoms with Gasteiger partial charge in [-0.2, -0.15) is 0 Å². The maximum atomic E-state index is 14.3. The lowest BCUT2D eigenvalue weighted by atomic mass is 10.00. The molecule has 0 aliphatic heterocycles. The highest BCUT2D eigenvalue weighted by atomic mass is 19.1. The second kappa shape index (κ2) is 7.12. The van der Waals surface area contributed by atoms with Crippen LogP contribution in [-0.4, -0.2) is 15.0 Å². The van der Waals surface area contributed by atoms with Gasteiger partial charge < -0.3 is 0 Å². The van der Waals surface area contributed by atoms with Crippen molar-refractivity contribution in [2.75, 3.05) is 0 Å². The van der Waals surface area contributed by atoms with Gasteiger partial charge in [-0.3, -0.25) is 4.98 Å². The van der Waals surface area contributed by atoms with Crippen molar-refractivity contribution >= 4 is 27.4 Å². The lowest BCUT2D eigenvalue weighted by Gasteiger charge is -2.11. The van der Waals surface area contributed by atoms with Gasteiger partial charge in [0.15, 0.2) is 18.0 Å². The molecular weight excluding hydrogens is 351 g/mol. The van der Waals surface area contributed by atoms with Gasteiger partial charge in [-0.1, -0.05) is 19.2 Å². The van der Waals surface area contributed by atoms with E-state index in [4.69, 9.17) is 0 Å². The predicted octanol–water partition coefficient (Wildman–Crippen LogP) is 4.72. The van der Waals surface area contributed by atoms with Gasteiger partial charge >= 0.3 is 0 Å². The number of hydrogen-bond donors (Lipinski definition) is 0. The fourth-order valence-electron chi connectivity index (χ4n) is 3.27. The third-order valence-electron chi connectivity index (χ3n) is 4.60. The number of halogens is 1. The van der Waals surface area contributed by atoms with Crippen LogP contribution in [0.15, 0.2) is 86.3 Å². The Hall–Kier alpha value is -3.73.